The van der Waals surface area contributed by atoms with Crippen molar-refractivity contribution in [2.45, 2.75) is 6.92 Å². The molecule has 1 aromatic carbocycles. The molecule has 2 aromatic rings. The average Bonchev–Trinajstić information content (AvgIpc) is 2.45. The van der Waals surface area contributed by atoms with Crippen LogP contribution >= 0.6 is 11.6 Å². The lowest BCUT2D eigenvalue weighted by Crippen LogP contribution is -1.77. The molecule has 11 heavy (non-hydrogen) atoms. The number of imidazole rings is 1. The molecule has 0 aliphatic carbocycles. The summed E-state index contributed by atoms with van der Waals surface area (Å²) in [5.74, 6) is 0. The number of aromatic nitrogens is 2. The van der Waals surface area contributed by atoms with Gasteiger partial charge in [0, 0.05) is 5.02 Å². The summed E-state index contributed by atoms with van der Waals surface area (Å²) in [7, 11) is 0. The Morgan fingerprint density at radius 2 is 2.36 bits per heavy atom. The lowest BCUT2D eigenvalue weighted by atomic mass is 10.2. The van der Waals surface area contributed by atoms with Crippen LogP contribution in [0.2, 0.25) is 5.02 Å². The summed E-state index contributed by atoms with van der Waals surface area (Å²) < 4.78 is 0. The average molecular weight is 166 g/mol. The van der Waals surface area contributed by atoms with E-state index < -0.39 is 0 Å². The van der Waals surface area contributed by atoms with Gasteiger partial charge in [0.05, 0.1) is 11.0 Å². The zero-order valence-electron chi connectivity index (χ0n) is 5.98. The third-order valence-corrected chi connectivity index (χ3v) is 2.14. The number of aromatic amines is 1. The van der Waals surface area contributed by atoms with Crippen LogP contribution < -0.4 is 0 Å². The van der Waals surface area contributed by atoms with Crippen LogP contribution in [0.15, 0.2) is 12.1 Å². The molecule has 2 rings (SSSR count). The second-order valence-corrected chi connectivity index (χ2v) is 2.82. The first kappa shape index (κ1) is 6.68. The van der Waals surface area contributed by atoms with Gasteiger partial charge in [-0.05, 0) is 24.6 Å². The zero-order chi connectivity index (χ0) is 7.84. The minimum Gasteiger partial charge on any atom is -0.335 e. The van der Waals surface area contributed by atoms with Crippen molar-refractivity contribution in [2.75, 3.05) is 0 Å². The Morgan fingerprint density at radius 1 is 1.55 bits per heavy atom. The van der Waals surface area contributed by atoms with Crippen LogP contribution in [0.25, 0.3) is 11.0 Å². The summed E-state index contributed by atoms with van der Waals surface area (Å²) in [6, 6.07) is 3.71. The summed E-state index contributed by atoms with van der Waals surface area (Å²) in [5, 5.41) is 0.759. The van der Waals surface area contributed by atoms with Gasteiger partial charge in [0.15, 0.2) is 6.33 Å². The Hall–Kier alpha value is -1.02. The molecule has 0 saturated heterocycles. The maximum Gasteiger partial charge on any atom is 0.174 e. The van der Waals surface area contributed by atoms with Crippen molar-refractivity contribution in [3.05, 3.63) is 29.0 Å². The summed E-state index contributed by atoms with van der Waals surface area (Å²) in [6.45, 7) is 1.96. The first-order valence-electron chi connectivity index (χ1n) is 3.30. The summed E-state index contributed by atoms with van der Waals surface area (Å²) >= 11 is 5.88. The van der Waals surface area contributed by atoms with Crippen LogP contribution in [0.4, 0.5) is 0 Å². The minimum absolute atomic E-state index is 0.759. The normalized spacial score (nSPS) is 10.7. The molecule has 1 aromatic heterocycles. The molecule has 1 N–H and O–H groups in total. The van der Waals surface area contributed by atoms with Gasteiger partial charge < -0.3 is 4.98 Å². The standard InChI is InChI=1S/C8H6ClN2/c1-5-6(9)2-3-7-8(5)11-4-10-7/h2-3H,1H3,(H,10,11). The van der Waals surface area contributed by atoms with Gasteiger partial charge in [0.1, 0.15) is 0 Å². The molecule has 0 amide bonds. The molecular formula is C8H6ClN2. The Morgan fingerprint density at radius 3 is 3.18 bits per heavy atom. The van der Waals surface area contributed by atoms with Gasteiger partial charge in [0.25, 0.3) is 0 Å². The van der Waals surface area contributed by atoms with Gasteiger partial charge in [-0.15, -0.1) is 0 Å². The fourth-order valence-corrected chi connectivity index (χ4v) is 1.22. The zero-order valence-corrected chi connectivity index (χ0v) is 6.74. The predicted molar refractivity (Wildman–Crippen MR) is 44.7 cm³/mol. The maximum absolute atomic E-state index is 5.88. The van der Waals surface area contributed by atoms with Gasteiger partial charge in [-0.2, -0.15) is 0 Å². The fraction of sp³-hybridized carbons (Fsp3) is 0.125. The van der Waals surface area contributed by atoms with E-state index in [4.69, 9.17) is 11.6 Å². The van der Waals surface area contributed by atoms with Crippen molar-refractivity contribution >= 4 is 22.6 Å². The third-order valence-electron chi connectivity index (χ3n) is 1.73. The van der Waals surface area contributed by atoms with Crippen LogP contribution in [0.5, 0.6) is 0 Å². The number of benzene rings is 1. The third kappa shape index (κ3) is 0.906. The molecule has 0 spiro atoms. The molecule has 0 atom stereocenters. The molecule has 0 fully saturated rings. The maximum atomic E-state index is 5.88. The molecule has 0 aliphatic rings. The molecular weight excluding hydrogens is 160 g/mol. The van der Waals surface area contributed by atoms with Gasteiger partial charge >= 0.3 is 0 Å². The highest BCUT2D eigenvalue weighted by atomic mass is 35.5. The number of aryl methyl sites for hydroxylation is 1. The van der Waals surface area contributed by atoms with Gasteiger partial charge in [-0.3, -0.25) is 0 Å². The number of fused-ring (bicyclic) bond motifs is 1. The van der Waals surface area contributed by atoms with Gasteiger partial charge in [-0.1, -0.05) is 11.6 Å². The van der Waals surface area contributed by atoms with Crippen molar-refractivity contribution in [2.24, 2.45) is 0 Å². The molecule has 0 aliphatic heterocycles. The molecule has 0 bridgehead atoms. The number of H-pyrrole nitrogens is 1. The number of nitrogens with zero attached hydrogens (tertiary/aromatic N) is 1. The quantitative estimate of drug-likeness (QED) is 0.638. The van der Waals surface area contributed by atoms with Crippen LogP contribution in [0, 0.1) is 13.3 Å². The van der Waals surface area contributed by atoms with Crippen molar-refractivity contribution in [3.8, 4) is 0 Å². The highest BCUT2D eigenvalue weighted by molar-refractivity contribution is 6.32. The van der Waals surface area contributed by atoms with E-state index in [1.54, 1.807) is 0 Å². The second-order valence-electron chi connectivity index (χ2n) is 2.42. The molecule has 1 radical (unpaired) electrons. The van der Waals surface area contributed by atoms with Crippen LogP contribution in [-0.4, -0.2) is 9.97 Å². The summed E-state index contributed by atoms with van der Waals surface area (Å²) in [6.07, 6.45) is 2.67. The van der Waals surface area contributed by atoms with E-state index in [0.717, 1.165) is 21.6 Å². The van der Waals surface area contributed by atoms with E-state index in [1.807, 2.05) is 19.1 Å². The van der Waals surface area contributed by atoms with Crippen LogP contribution in [0.1, 0.15) is 5.56 Å². The lowest BCUT2D eigenvalue weighted by molar-refractivity contribution is 1.31. The number of hydrogen-bond acceptors (Lipinski definition) is 1. The Bertz CT molecular complexity index is 392. The molecule has 55 valence electrons. The number of nitrogens with one attached hydrogen (secondary N) is 1. The Kier molecular flexibility index (Phi) is 1.36. The molecule has 0 saturated carbocycles. The molecule has 1 heterocycles. The minimum atomic E-state index is 0.759. The monoisotopic (exact) mass is 165 g/mol. The molecule has 2 nitrogen and oxygen atoms in total. The van der Waals surface area contributed by atoms with E-state index >= 15 is 0 Å². The molecule has 0 unspecified atom stereocenters. The lowest BCUT2D eigenvalue weighted by Gasteiger charge is -1.96. The highest BCUT2D eigenvalue weighted by Gasteiger charge is 2.02. The number of rotatable bonds is 0. The number of hydrogen-bond donors (Lipinski definition) is 1. The second kappa shape index (κ2) is 2.24. The van der Waals surface area contributed by atoms with Crippen molar-refractivity contribution < 1.29 is 0 Å². The van der Waals surface area contributed by atoms with Crippen LogP contribution in [-0.2, 0) is 0 Å². The van der Waals surface area contributed by atoms with Crippen molar-refractivity contribution in [3.63, 3.8) is 0 Å². The van der Waals surface area contributed by atoms with E-state index in [9.17, 15) is 0 Å². The van der Waals surface area contributed by atoms with E-state index in [1.165, 1.54) is 0 Å². The molecule has 3 heteroatoms. The largest absolute Gasteiger partial charge is 0.335 e. The topological polar surface area (TPSA) is 28.7 Å². The SMILES string of the molecule is Cc1c(Cl)ccc2n[c][nH]c12. The van der Waals surface area contributed by atoms with Crippen molar-refractivity contribution in [1.82, 2.24) is 9.97 Å². The Labute approximate surface area is 69.2 Å². The van der Waals surface area contributed by atoms with Gasteiger partial charge in [-0.25, -0.2) is 4.98 Å². The van der Waals surface area contributed by atoms with Gasteiger partial charge in [0.2, 0.25) is 0 Å². The van der Waals surface area contributed by atoms with Crippen LogP contribution in [0.3, 0.4) is 0 Å². The first-order chi connectivity index (χ1) is 5.29. The van der Waals surface area contributed by atoms with Crippen molar-refractivity contribution in [1.29, 1.82) is 0 Å². The van der Waals surface area contributed by atoms with E-state index in [-0.39, 0.29) is 0 Å². The Balaban J connectivity index is 2.93. The number of halogens is 1. The predicted octanol–water partition coefficient (Wildman–Crippen LogP) is 2.32. The fourth-order valence-electron chi connectivity index (χ4n) is 1.07. The smallest absolute Gasteiger partial charge is 0.174 e. The summed E-state index contributed by atoms with van der Waals surface area (Å²) in [5.41, 5.74) is 2.90. The first-order valence-corrected chi connectivity index (χ1v) is 3.67. The highest BCUT2D eigenvalue weighted by Crippen LogP contribution is 2.21. The van der Waals surface area contributed by atoms with E-state index in [0.29, 0.717) is 0 Å². The summed E-state index contributed by atoms with van der Waals surface area (Å²) in [4.78, 5) is 6.89. The van der Waals surface area contributed by atoms with E-state index in [2.05, 4.69) is 16.3 Å².